The lowest BCUT2D eigenvalue weighted by atomic mass is 10.3. The van der Waals surface area contributed by atoms with E-state index in [0.29, 0.717) is 0 Å². The van der Waals surface area contributed by atoms with Crippen LogP contribution in [0.3, 0.4) is 0 Å². The van der Waals surface area contributed by atoms with E-state index in [-0.39, 0.29) is 21.0 Å². The maximum Gasteiger partial charge on any atom is 0.242 e. The van der Waals surface area contributed by atoms with E-state index in [1.54, 1.807) is 19.1 Å². The first-order valence-corrected chi connectivity index (χ1v) is 8.53. The highest BCUT2D eigenvalue weighted by molar-refractivity contribution is 7.89. The Morgan fingerprint density at radius 1 is 1.21 bits per heavy atom. The van der Waals surface area contributed by atoms with Gasteiger partial charge in [0.05, 0.1) is 16.1 Å². The van der Waals surface area contributed by atoms with E-state index in [4.69, 9.17) is 23.2 Å². The van der Waals surface area contributed by atoms with Crippen LogP contribution in [0.15, 0.2) is 40.6 Å². The number of benzene rings is 1. The third-order valence-electron chi connectivity index (χ3n) is 2.51. The van der Waals surface area contributed by atoms with Gasteiger partial charge in [0, 0.05) is 4.88 Å². The molecule has 0 aliphatic heterocycles. The minimum Gasteiger partial charge on any atom is -0.207 e. The third-order valence-corrected chi connectivity index (χ3v) is 6.08. The summed E-state index contributed by atoms with van der Waals surface area (Å²) in [6, 6.07) is 7.95. The summed E-state index contributed by atoms with van der Waals surface area (Å²) >= 11 is 13.3. The number of sulfonamides is 1. The molecule has 0 saturated carbocycles. The Bertz CT molecular complexity index is 669. The molecule has 0 saturated heterocycles. The molecule has 102 valence electrons. The van der Waals surface area contributed by atoms with Gasteiger partial charge in [0.25, 0.3) is 0 Å². The van der Waals surface area contributed by atoms with Crippen LogP contribution < -0.4 is 4.72 Å². The van der Waals surface area contributed by atoms with Crippen LogP contribution in [0.25, 0.3) is 0 Å². The molecular formula is C12H11Cl2NO2S2. The predicted molar refractivity (Wildman–Crippen MR) is 79.5 cm³/mol. The van der Waals surface area contributed by atoms with Crippen LogP contribution >= 0.6 is 34.5 Å². The monoisotopic (exact) mass is 335 g/mol. The van der Waals surface area contributed by atoms with Crippen molar-refractivity contribution in [2.75, 3.05) is 0 Å². The molecule has 1 aromatic carbocycles. The summed E-state index contributed by atoms with van der Waals surface area (Å²) in [6.45, 7) is 1.78. The van der Waals surface area contributed by atoms with Crippen molar-refractivity contribution in [3.05, 3.63) is 50.6 Å². The highest BCUT2D eigenvalue weighted by atomic mass is 35.5. The molecule has 1 heterocycles. The van der Waals surface area contributed by atoms with Crippen molar-refractivity contribution in [1.29, 1.82) is 0 Å². The number of rotatable bonds is 4. The summed E-state index contributed by atoms with van der Waals surface area (Å²) in [5.41, 5.74) is 0. The molecule has 0 radical (unpaired) electrons. The molecule has 0 amide bonds. The smallest absolute Gasteiger partial charge is 0.207 e. The summed E-state index contributed by atoms with van der Waals surface area (Å²) in [7, 11) is -3.70. The summed E-state index contributed by atoms with van der Waals surface area (Å²) in [5.74, 6) is 0. The van der Waals surface area contributed by atoms with Crippen molar-refractivity contribution in [2.24, 2.45) is 0 Å². The Morgan fingerprint density at radius 3 is 2.58 bits per heavy atom. The first-order chi connectivity index (χ1) is 8.92. The van der Waals surface area contributed by atoms with Gasteiger partial charge in [-0.15, -0.1) is 11.3 Å². The fourth-order valence-corrected chi connectivity index (χ4v) is 4.38. The van der Waals surface area contributed by atoms with Gasteiger partial charge < -0.3 is 0 Å². The second kappa shape index (κ2) is 5.81. The van der Waals surface area contributed by atoms with E-state index >= 15 is 0 Å². The van der Waals surface area contributed by atoms with Crippen LogP contribution in [0.2, 0.25) is 10.0 Å². The van der Waals surface area contributed by atoms with Gasteiger partial charge in [-0.3, -0.25) is 0 Å². The lowest BCUT2D eigenvalue weighted by Crippen LogP contribution is -2.26. The van der Waals surface area contributed by atoms with Crippen molar-refractivity contribution in [1.82, 2.24) is 4.72 Å². The Kier molecular flexibility index (Phi) is 4.53. The van der Waals surface area contributed by atoms with Gasteiger partial charge in [-0.25, -0.2) is 13.1 Å². The lowest BCUT2D eigenvalue weighted by Gasteiger charge is -2.14. The van der Waals surface area contributed by atoms with Crippen LogP contribution in [0.1, 0.15) is 17.8 Å². The van der Waals surface area contributed by atoms with Crippen molar-refractivity contribution in [3.8, 4) is 0 Å². The van der Waals surface area contributed by atoms with Gasteiger partial charge in [0.2, 0.25) is 10.0 Å². The number of halogens is 2. The summed E-state index contributed by atoms with van der Waals surface area (Å²) in [4.78, 5) is 0.923. The molecule has 2 aromatic rings. The molecule has 0 unspecified atom stereocenters. The van der Waals surface area contributed by atoms with Crippen LogP contribution in [0.4, 0.5) is 0 Å². The largest absolute Gasteiger partial charge is 0.242 e. The van der Waals surface area contributed by atoms with Crippen molar-refractivity contribution in [2.45, 2.75) is 17.9 Å². The molecule has 0 bridgehead atoms. The number of hydrogen-bond donors (Lipinski definition) is 1. The molecule has 19 heavy (non-hydrogen) atoms. The van der Waals surface area contributed by atoms with Gasteiger partial charge in [0.1, 0.15) is 4.90 Å². The van der Waals surface area contributed by atoms with Crippen molar-refractivity contribution in [3.63, 3.8) is 0 Å². The molecule has 0 fully saturated rings. The standard InChI is InChI=1S/C12H11Cl2NO2S2/c1-8(10-5-3-7-18-10)15-19(16,17)11-6-2-4-9(13)12(11)14/h2-8,15H,1H3/t8-/m0/s1. The van der Waals surface area contributed by atoms with E-state index in [0.717, 1.165) is 4.88 Å². The summed E-state index contributed by atoms with van der Waals surface area (Å²) < 4.78 is 27.1. The number of hydrogen-bond acceptors (Lipinski definition) is 3. The van der Waals surface area contributed by atoms with Crippen LogP contribution in [-0.4, -0.2) is 8.42 Å². The van der Waals surface area contributed by atoms with E-state index in [9.17, 15) is 8.42 Å². The quantitative estimate of drug-likeness (QED) is 0.914. The molecule has 0 aliphatic rings. The molecule has 0 aliphatic carbocycles. The molecule has 7 heteroatoms. The molecular weight excluding hydrogens is 325 g/mol. The number of nitrogens with one attached hydrogen (secondary N) is 1. The van der Waals surface area contributed by atoms with Crippen LogP contribution in [0, 0.1) is 0 Å². The van der Waals surface area contributed by atoms with Gasteiger partial charge in [-0.2, -0.15) is 0 Å². The lowest BCUT2D eigenvalue weighted by molar-refractivity contribution is 0.568. The van der Waals surface area contributed by atoms with Gasteiger partial charge >= 0.3 is 0 Å². The highest BCUT2D eigenvalue weighted by Gasteiger charge is 2.22. The molecule has 0 spiro atoms. The summed E-state index contributed by atoms with van der Waals surface area (Å²) in [6.07, 6.45) is 0. The average molecular weight is 336 g/mol. The molecule has 1 N–H and O–H groups in total. The first-order valence-electron chi connectivity index (χ1n) is 5.41. The zero-order valence-electron chi connectivity index (χ0n) is 9.93. The van der Waals surface area contributed by atoms with E-state index in [1.165, 1.54) is 17.4 Å². The molecule has 2 rings (SSSR count). The molecule has 3 nitrogen and oxygen atoms in total. The van der Waals surface area contributed by atoms with Crippen molar-refractivity contribution >= 4 is 44.6 Å². The summed E-state index contributed by atoms with van der Waals surface area (Å²) in [5, 5.41) is 2.15. The van der Waals surface area contributed by atoms with E-state index < -0.39 is 10.0 Å². The minimum absolute atomic E-state index is 0.00919. The topological polar surface area (TPSA) is 46.2 Å². The van der Waals surface area contributed by atoms with Crippen LogP contribution in [0.5, 0.6) is 0 Å². The zero-order valence-corrected chi connectivity index (χ0v) is 13.1. The van der Waals surface area contributed by atoms with Gasteiger partial charge in [0.15, 0.2) is 0 Å². The Labute approximate surface area is 126 Å². The van der Waals surface area contributed by atoms with E-state index in [2.05, 4.69) is 4.72 Å². The minimum atomic E-state index is -3.70. The van der Waals surface area contributed by atoms with Gasteiger partial charge in [-0.05, 0) is 30.5 Å². The highest BCUT2D eigenvalue weighted by Crippen LogP contribution is 2.30. The molecule has 1 aromatic heterocycles. The van der Waals surface area contributed by atoms with Crippen molar-refractivity contribution < 1.29 is 8.42 Å². The maximum atomic E-state index is 12.3. The maximum absolute atomic E-state index is 12.3. The Balaban J connectivity index is 2.31. The molecule has 1 atom stereocenters. The average Bonchev–Trinajstić information content (AvgIpc) is 2.85. The fraction of sp³-hybridized carbons (Fsp3) is 0.167. The normalized spacial score (nSPS) is 13.4. The number of thiophene rings is 1. The Hall–Kier alpha value is -0.590. The van der Waals surface area contributed by atoms with E-state index in [1.807, 2.05) is 17.5 Å². The fourth-order valence-electron chi connectivity index (χ4n) is 1.58. The van der Waals surface area contributed by atoms with Crippen LogP contribution in [-0.2, 0) is 10.0 Å². The zero-order chi connectivity index (χ0) is 14.0. The first kappa shape index (κ1) is 14.8. The Morgan fingerprint density at radius 2 is 1.95 bits per heavy atom. The second-order valence-electron chi connectivity index (χ2n) is 3.91. The third kappa shape index (κ3) is 3.30. The van der Waals surface area contributed by atoms with Gasteiger partial charge in [-0.1, -0.05) is 35.3 Å². The second-order valence-corrected chi connectivity index (χ2v) is 7.36. The predicted octanol–water partition coefficient (Wildman–Crippen LogP) is 4.09. The SMILES string of the molecule is C[C@H](NS(=O)(=O)c1cccc(Cl)c1Cl)c1cccs1.